The molecule has 2 nitrogen and oxygen atoms in total. The molecule has 0 unspecified atom stereocenters. The highest BCUT2D eigenvalue weighted by molar-refractivity contribution is 7.99. The van der Waals surface area contributed by atoms with E-state index in [0.29, 0.717) is 5.88 Å². The number of hydrogen-bond donors (Lipinski definition) is 2. The molecule has 0 saturated carbocycles. The highest BCUT2D eigenvalue weighted by Crippen LogP contribution is 2.05. The van der Waals surface area contributed by atoms with Gasteiger partial charge >= 0.3 is 0 Å². The van der Waals surface area contributed by atoms with E-state index in [1.54, 1.807) is 11.8 Å². The van der Waals surface area contributed by atoms with Crippen molar-refractivity contribution >= 4 is 11.8 Å². The standard InChI is InChI=1S/C10H16N2S/c11-8-13-7-10(12)6-9-4-2-1-3-5-9/h1-5,10H,6-8,11-12H2/t10-/m1/s1. The van der Waals surface area contributed by atoms with Gasteiger partial charge in [0, 0.05) is 17.7 Å². The molecule has 0 bridgehead atoms. The molecule has 13 heavy (non-hydrogen) atoms. The summed E-state index contributed by atoms with van der Waals surface area (Å²) >= 11 is 1.69. The molecule has 0 fully saturated rings. The number of thioether (sulfide) groups is 1. The van der Waals surface area contributed by atoms with E-state index in [1.165, 1.54) is 5.56 Å². The maximum Gasteiger partial charge on any atom is 0.0393 e. The van der Waals surface area contributed by atoms with Crippen molar-refractivity contribution in [3.05, 3.63) is 35.9 Å². The monoisotopic (exact) mass is 196 g/mol. The molecule has 3 heteroatoms. The van der Waals surface area contributed by atoms with Crippen LogP contribution in [0.4, 0.5) is 0 Å². The summed E-state index contributed by atoms with van der Waals surface area (Å²) in [6.07, 6.45) is 0.938. The van der Waals surface area contributed by atoms with Crippen molar-refractivity contribution in [2.45, 2.75) is 12.5 Å². The number of rotatable bonds is 5. The second-order valence-corrected chi connectivity index (χ2v) is 4.06. The Hall–Kier alpha value is -0.510. The summed E-state index contributed by atoms with van der Waals surface area (Å²) in [6.45, 7) is 0. The van der Waals surface area contributed by atoms with E-state index in [-0.39, 0.29) is 6.04 Å². The Morgan fingerprint density at radius 3 is 2.54 bits per heavy atom. The summed E-state index contributed by atoms with van der Waals surface area (Å²) in [6, 6.07) is 10.5. The van der Waals surface area contributed by atoms with E-state index in [4.69, 9.17) is 11.5 Å². The number of hydrogen-bond acceptors (Lipinski definition) is 3. The number of benzene rings is 1. The van der Waals surface area contributed by atoms with Gasteiger partial charge in [-0.1, -0.05) is 30.3 Å². The van der Waals surface area contributed by atoms with Gasteiger partial charge in [-0.15, -0.1) is 11.8 Å². The maximum atomic E-state index is 5.92. The summed E-state index contributed by atoms with van der Waals surface area (Å²) < 4.78 is 0. The number of nitrogens with two attached hydrogens (primary N) is 2. The van der Waals surface area contributed by atoms with Gasteiger partial charge in [0.15, 0.2) is 0 Å². The van der Waals surface area contributed by atoms with Gasteiger partial charge in [0.1, 0.15) is 0 Å². The van der Waals surface area contributed by atoms with Crippen molar-refractivity contribution in [3.63, 3.8) is 0 Å². The van der Waals surface area contributed by atoms with Crippen LogP contribution in [0.25, 0.3) is 0 Å². The van der Waals surface area contributed by atoms with E-state index in [9.17, 15) is 0 Å². The average Bonchev–Trinajstić information content (AvgIpc) is 2.16. The Kier molecular flexibility index (Phi) is 4.90. The molecule has 1 aromatic rings. The lowest BCUT2D eigenvalue weighted by Gasteiger charge is -2.09. The molecule has 4 N–H and O–H groups in total. The van der Waals surface area contributed by atoms with Gasteiger partial charge in [0.25, 0.3) is 0 Å². The summed E-state index contributed by atoms with van der Waals surface area (Å²) in [7, 11) is 0. The second-order valence-electron chi connectivity index (χ2n) is 2.99. The third-order valence-electron chi connectivity index (χ3n) is 1.79. The van der Waals surface area contributed by atoms with Crippen molar-refractivity contribution in [2.24, 2.45) is 11.5 Å². The Labute approximate surface area is 83.7 Å². The quantitative estimate of drug-likeness (QED) is 0.696. The Morgan fingerprint density at radius 1 is 1.23 bits per heavy atom. The van der Waals surface area contributed by atoms with Crippen LogP contribution < -0.4 is 11.5 Å². The van der Waals surface area contributed by atoms with Crippen molar-refractivity contribution < 1.29 is 0 Å². The molecule has 0 saturated heterocycles. The lowest BCUT2D eigenvalue weighted by molar-refractivity contribution is 0.749. The van der Waals surface area contributed by atoms with Gasteiger partial charge in [0.2, 0.25) is 0 Å². The summed E-state index contributed by atoms with van der Waals surface area (Å²) in [4.78, 5) is 0. The maximum absolute atomic E-state index is 5.92. The minimum atomic E-state index is 0.218. The van der Waals surface area contributed by atoms with E-state index >= 15 is 0 Å². The Balaban J connectivity index is 2.32. The first kappa shape index (κ1) is 10.6. The molecule has 72 valence electrons. The van der Waals surface area contributed by atoms with Crippen LogP contribution in [0.2, 0.25) is 0 Å². The Bertz CT molecular complexity index is 226. The summed E-state index contributed by atoms with van der Waals surface area (Å²) in [5.74, 6) is 1.59. The van der Waals surface area contributed by atoms with Gasteiger partial charge in [-0.05, 0) is 12.0 Å². The predicted molar refractivity (Wildman–Crippen MR) is 59.6 cm³/mol. The van der Waals surface area contributed by atoms with Crippen LogP contribution in [0.3, 0.4) is 0 Å². The van der Waals surface area contributed by atoms with Crippen LogP contribution in [0.5, 0.6) is 0 Å². The molecule has 0 aliphatic heterocycles. The minimum absolute atomic E-state index is 0.218. The molecule has 1 aromatic carbocycles. The fourth-order valence-corrected chi connectivity index (χ4v) is 1.75. The van der Waals surface area contributed by atoms with Crippen molar-refractivity contribution in [3.8, 4) is 0 Å². The molecule has 1 rings (SSSR count). The van der Waals surface area contributed by atoms with Crippen LogP contribution in [0, 0.1) is 0 Å². The zero-order valence-electron chi connectivity index (χ0n) is 7.65. The minimum Gasteiger partial charge on any atom is -0.327 e. The normalized spacial score (nSPS) is 12.8. The second kappa shape index (κ2) is 6.02. The zero-order valence-corrected chi connectivity index (χ0v) is 8.46. The molecular formula is C10H16N2S. The van der Waals surface area contributed by atoms with Gasteiger partial charge in [-0.25, -0.2) is 0 Å². The molecular weight excluding hydrogens is 180 g/mol. The van der Waals surface area contributed by atoms with Gasteiger partial charge in [-0.3, -0.25) is 0 Å². The average molecular weight is 196 g/mol. The highest BCUT2D eigenvalue weighted by Gasteiger charge is 2.02. The lowest BCUT2D eigenvalue weighted by atomic mass is 10.1. The Morgan fingerprint density at radius 2 is 1.92 bits per heavy atom. The lowest BCUT2D eigenvalue weighted by Crippen LogP contribution is -2.26. The van der Waals surface area contributed by atoms with Crippen LogP contribution in [-0.2, 0) is 6.42 Å². The van der Waals surface area contributed by atoms with E-state index in [1.807, 2.05) is 18.2 Å². The molecule has 1 atom stereocenters. The molecule has 0 aromatic heterocycles. The van der Waals surface area contributed by atoms with E-state index in [0.717, 1.165) is 12.2 Å². The van der Waals surface area contributed by atoms with Crippen molar-refractivity contribution in [1.82, 2.24) is 0 Å². The molecule has 0 aliphatic rings. The largest absolute Gasteiger partial charge is 0.327 e. The van der Waals surface area contributed by atoms with Crippen molar-refractivity contribution in [2.75, 3.05) is 11.6 Å². The third-order valence-corrected chi connectivity index (χ3v) is 2.69. The van der Waals surface area contributed by atoms with Crippen LogP contribution in [-0.4, -0.2) is 17.7 Å². The zero-order chi connectivity index (χ0) is 9.52. The first-order chi connectivity index (χ1) is 6.33. The fourth-order valence-electron chi connectivity index (χ4n) is 1.20. The summed E-state index contributed by atoms with van der Waals surface area (Å²) in [5, 5.41) is 0. The summed E-state index contributed by atoms with van der Waals surface area (Å²) in [5.41, 5.74) is 12.6. The SMILES string of the molecule is NCSC[C@H](N)Cc1ccccc1. The molecule has 0 aliphatic carbocycles. The van der Waals surface area contributed by atoms with Gasteiger partial charge < -0.3 is 11.5 Å². The van der Waals surface area contributed by atoms with Gasteiger partial charge in [-0.2, -0.15) is 0 Å². The van der Waals surface area contributed by atoms with E-state index < -0.39 is 0 Å². The highest BCUT2D eigenvalue weighted by atomic mass is 32.2. The third kappa shape index (κ3) is 4.31. The van der Waals surface area contributed by atoms with Crippen LogP contribution >= 0.6 is 11.8 Å². The smallest absolute Gasteiger partial charge is 0.0393 e. The topological polar surface area (TPSA) is 52.0 Å². The van der Waals surface area contributed by atoms with Crippen LogP contribution in [0.1, 0.15) is 5.56 Å². The van der Waals surface area contributed by atoms with Crippen molar-refractivity contribution in [1.29, 1.82) is 0 Å². The van der Waals surface area contributed by atoms with Gasteiger partial charge in [0.05, 0.1) is 0 Å². The first-order valence-electron chi connectivity index (χ1n) is 4.40. The van der Waals surface area contributed by atoms with Crippen LogP contribution in [0.15, 0.2) is 30.3 Å². The fraction of sp³-hybridized carbons (Fsp3) is 0.400. The molecule has 0 radical (unpaired) electrons. The first-order valence-corrected chi connectivity index (χ1v) is 5.55. The molecule has 0 spiro atoms. The van der Waals surface area contributed by atoms with E-state index in [2.05, 4.69) is 12.1 Å². The predicted octanol–water partition coefficient (Wildman–Crippen LogP) is 1.21. The molecule has 0 amide bonds. The molecule has 0 heterocycles.